The lowest BCUT2D eigenvalue weighted by Crippen LogP contribution is -2.43. The van der Waals surface area contributed by atoms with Gasteiger partial charge in [-0.3, -0.25) is 4.79 Å². The summed E-state index contributed by atoms with van der Waals surface area (Å²) in [7, 11) is 1.26. The normalized spacial score (nSPS) is 11.1. The van der Waals surface area contributed by atoms with Crippen molar-refractivity contribution in [3.05, 3.63) is 71.3 Å². The molecule has 0 saturated carbocycles. The number of carbonyl (C=O) groups is 2. The van der Waals surface area contributed by atoms with Gasteiger partial charge in [0.05, 0.1) is 18.7 Å². The molecule has 0 saturated heterocycles. The molecular formula is C18H16N2O3. The highest BCUT2D eigenvalue weighted by atomic mass is 16.5. The van der Waals surface area contributed by atoms with Crippen molar-refractivity contribution in [1.29, 1.82) is 5.26 Å². The van der Waals surface area contributed by atoms with Gasteiger partial charge in [-0.2, -0.15) is 5.26 Å². The van der Waals surface area contributed by atoms with Crippen LogP contribution in [0.5, 0.6) is 0 Å². The molecule has 23 heavy (non-hydrogen) atoms. The Hall–Kier alpha value is -3.13. The van der Waals surface area contributed by atoms with Gasteiger partial charge >= 0.3 is 5.97 Å². The van der Waals surface area contributed by atoms with Gasteiger partial charge in [-0.1, -0.05) is 36.4 Å². The first-order valence-corrected chi connectivity index (χ1v) is 7.07. The SMILES string of the molecule is COC(=O)[C@H](Cc1ccccc1C#N)NC(=O)c1ccccc1. The van der Waals surface area contributed by atoms with Crippen molar-refractivity contribution in [2.24, 2.45) is 0 Å². The number of amides is 1. The molecule has 0 radical (unpaired) electrons. The number of hydrogen-bond donors (Lipinski definition) is 1. The quantitative estimate of drug-likeness (QED) is 0.858. The first kappa shape index (κ1) is 16.2. The number of nitriles is 1. The van der Waals surface area contributed by atoms with Crippen molar-refractivity contribution in [2.45, 2.75) is 12.5 Å². The van der Waals surface area contributed by atoms with Crippen LogP contribution in [0.25, 0.3) is 0 Å². The van der Waals surface area contributed by atoms with E-state index in [1.807, 2.05) is 0 Å². The first-order valence-electron chi connectivity index (χ1n) is 7.07. The second-order valence-electron chi connectivity index (χ2n) is 4.89. The van der Waals surface area contributed by atoms with Crippen molar-refractivity contribution in [3.8, 4) is 6.07 Å². The van der Waals surface area contributed by atoms with E-state index in [0.717, 1.165) is 0 Å². The predicted octanol–water partition coefficient (Wildman–Crippen LogP) is 2.07. The van der Waals surface area contributed by atoms with Crippen LogP contribution in [0.4, 0.5) is 0 Å². The van der Waals surface area contributed by atoms with Gasteiger partial charge in [0.1, 0.15) is 6.04 Å². The molecule has 0 spiro atoms. The third kappa shape index (κ3) is 4.17. The predicted molar refractivity (Wildman–Crippen MR) is 84.6 cm³/mol. The Morgan fingerprint density at radius 3 is 2.43 bits per heavy atom. The van der Waals surface area contributed by atoms with E-state index < -0.39 is 12.0 Å². The zero-order chi connectivity index (χ0) is 16.7. The van der Waals surface area contributed by atoms with E-state index >= 15 is 0 Å². The maximum atomic E-state index is 12.2. The minimum atomic E-state index is -0.859. The Kier molecular flexibility index (Phi) is 5.48. The summed E-state index contributed by atoms with van der Waals surface area (Å²) in [4.78, 5) is 24.2. The highest BCUT2D eigenvalue weighted by Crippen LogP contribution is 2.11. The monoisotopic (exact) mass is 308 g/mol. The fourth-order valence-electron chi connectivity index (χ4n) is 2.19. The molecule has 0 aromatic heterocycles. The van der Waals surface area contributed by atoms with Crippen LogP contribution in [0.15, 0.2) is 54.6 Å². The molecule has 1 N–H and O–H groups in total. The summed E-state index contributed by atoms with van der Waals surface area (Å²) in [5.41, 5.74) is 1.60. The summed E-state index contributed by atoms with van der Waals surface area (Å²) in [5.74, 6) is -0.919. The highest BCUT2D eigenvalue weighted by Gasteiger charge is 2.23. The number of nitrogens with one attached hydrogen (secondary N) is 1. The van der Waals surface area contributed by atoms with Gasteiger partial charge in [-0.15, -0.1) is 0 Å². The molecule has 0 aliphatic rings. The number of nitrogens with zero attached hydrogens (tertiary/aromatic N) is 1. The van der Waals surface area contributed by atoms with Gasteiger partial charge in [0.25, 0.3) is 5.91 Å². The molecule has 1 amide bonds. The smallest absolute Gasteiger partial charge is 0.328 e. The van der Waals surface area contributed by atoms with E-state index in [-0.39, 0.29) is 12.3 Å². The van der Waals surface area contributed by atoms with Gasteiger partial charge in [-0.05, 0) is 23.8 Å². The molecule has 5 heteroatoms. The van der Waals surface area contributed by atoms with E-state index in [2.05, 4.69) is 11.4 Å². The van der Waals surface area contributed by atoms with E-state index in [4.69, 9.17) is 10.00 Å². The third-order valence-corrected chi connectivity index (χ3v) is 3.39. The highest BCUT2D eigenvalue weighted by molar-refractivity contribution is 5.96. The Morgan fingerprint density at radius 2 is 1.78 bits per heavy atom. The molecule has 5 nitrogen and oxygen atoms in total. The van der Waals surface area contributed by atoms with Crippen LogP contribution in [-0.2, 0) is 16.0 Å². The lowest BCUT2D eigenvalue weighted by molar-refractivity contribution is -0.142. The van der Waals surface area contributed by atoms with E-state index in [1.165, 1.54) is 7.11 Å². The summed E-state index contributed by atoms with van der Waals surface area (Å²) in [6, 6.07) is 16.8. The Morgan fingerprint density at radius 1 is 1.13 bits per heavy atom. The van der Waals surface area contributed by atoms with Crippen LogP contribution in [0, 0.1) is 11.3 Å². The minimum absolute atomic E-state index is 0.189. The van der Waals surface area contributed by atoms with Crippen LogP contribution in [-0.4, -0.2) is 25.0 Å². The number of rotatable bonds is 5. The lowest BCUT2D eigenvalue weighted by atomic mass is 10.0. The standard InChI is InChI=1S/C18H16N2O3/c1-23-18(22)16(11-14-9-5-6-10-15(14)12-19)20-17(21)13-7-3-2-4-8-13/h2-10,16H,11H2,1H3,(H,20,21)/t16-/m0/s1. The Bertz CT molecular complexity index is 735. The second-order valence-corrected chi connectivity index (χ2v) is 4.89. The summed E-state index contributed by atoms with van der Waals surface area (Å²) in [6.45, 7) is 0. The van der Waals surface area contributed by atoms with Gasteiger partial charge in [-0.25, -0.2) is 4.79 Å². The first-order chi connectivity index (χ1) is 11.2. The van der Waals surface area contributed by atoms with Crippen molar-refractivity contribution in [1.82, 2.24) is 5.32 Å². The molecule has 2 rings (SSSR count). The number of hydrogen-bond acceptors (Lipinski definition) is 4. The molecule has 0 unspecified atom stereocenters. The molecule has 0 fully saturated rings. The fourth-order valence-corrected chi connectivity index (χ4v) is 2.19. The van der Waals surface area contributed by atoms with Crippen LogP contribution < -0.4 is 5.32 Å². The average Bonchev–Trinajstić information content (AvgIpc) is 2.61. The van der Waals surface area contributed by atoms with Gasteiger partial charge in [0.15, 0.2) is 0 Å². The number of carbonyl (C=O) groups excluding carboxylic acids is 2. The van der Waals surface area contributed by atoms with Gasteiger partial charge < -0.3 is 10.1 Å². The zero-order valence-electron chi connectivity index (χ0n) is 12.7. The largest absolute Gasteiger partial charge is 0.467 e. The number of esters is 1. The molecule has 1 atom stereocenters. The third-order valence-electron chi connectivity index (χ3n) is 3.39. The Labute approximate surface area is 134 Å². The average molecular weight is 308 g/mol. The van der Waals surface area contributed by atoms with Crippen LogP contribution in [0.2, 0.25) is 0 Å². The van der Waals surface area contributed by atoms with Crippen LogP contribution in [0.1, 0.15) is 21.5 Å². The molecule has 0 aliphatic heterocycles. The molecular weight excluding hydrogens is 292 g/mol. The van der Waals surface area contributed by atoms with Crippen LogP contribution in [0.3, 0.4) is 0 Å². The molecule has 2 aromatic carbocycles. The van der Waals surface area contributed by atoms with Gasteiger partial charge in [0.2, 0.25) is 0 Å². The van der Waals surface area contributed by atoms with Crippen molar-refractivity contribution >= 4 is 11.9 Å². The summed E-state index contributed by atoms with van der Waals surface area (Å²) < 4.78 is 4.76. The molecule has 116 valence electrons. The summed E-state index contributed by atoms with van der Waals surface area (Å²) in [5, 5.41) is 11.8. The maximum Gasteiger partial charge on any atom is 0.328 e. The molecule has 0 heterocycles. The lowest BCUT2D eigenvalue weighted by Gasteiger charge is -2.17. The minimum Gasteiger partial charge on any atom is -0.467 e. The summed E-state index contributed by atoms with van der Waals surface area (Å²) in [6.07, 6.45) is 0.189. The summed E-state index contributed by atoms with van der Waals surface area (Å²) >= 11 is 0. The number of benzene rings is 2. The maximum absolute atomic E-state index is 12.2. The second kappa shape index (κ2) is 7.76. The van der Waals surface area contributed by atoms with Crippen molar-refractivity contribution in [2.75, 3.05) is 7.11 Å². The Balaban J connectivity index is 2.20. The van der Waals surface area contributed by atoms with Crippen LogP contribution >= 0.6 is 0 Å². The molecule has 0 bridgehead atoms. The molecule has 2 aromatic rings. The zero-order valence-corrected chi connectivity index (χ0v) is 12.7. The fraction of sp³-hybridized carbons (Fsp3) is 0.167. The van der Waals surface area contributed by atoms with Crippen molar-refractivity contribution < 1.29 is 14.3 Å². The topological polar surface area (TPSA) is 79.2 Å². The number of methoxy groups -OCH3 is 1. The van der Waals surface area contributed by atoms with E-state index in [0.29, 0.717) is 16.7 Å². The van der Waals surface area contributed by atoms with E-state index in [1.54, 1.807) is 54.6 Å². The molecule has 0 aliphatic carbocycles. The number of ether oxygens (including phenoxy) is 1. The van der Waals surface area contributed by atoms with E-state index in [9.17, 15) is 9.59 Å². The van der Waals surface area contributed by atoms with Gasteiger partial charge in [0, 0.05) is 12.0 Å². The van der Waals surface area contributed by atoms with Crippen molar-refractivity contribution in [3.63, 3.8) is 0 Å².